The molecule has 3 heteroatoms. The molecule has 0 amide bonds. The Labute approximate surface area is 73.2 Å². The molecule has 1 aliphatic rings. The van der Waals surface area contributed by atoms with Gasteiger partial charge < -0.3 is 10.4 Å². The maximum Gasteiger partial charge on any atom is 0.303 e. The summed E-state index contributed by atoms with van der Waals surface area (Å²) in [5, 5.41) is 12.0. The summed E-state index contributed by atoms with van der Waals surface area (Å²) in [6.45, 7) is 3.12. The lowest BCUT2D eigenvalue weighted by molar-refractivity contribution is -0.138. The molecule has 1 saturated heterocycles. The second-order valence-electron chi connectivity index (χ2n) is 3.47. The first-order valence-electron chi connectivity index (χ1n) is 4.69. The molecule has 1 fully saturated rings. The molecule has 2 unspecified atom stereocenters. The van der Waals surface area contributed by atoms with Crippen molar-refractivity contribution in [3.63, 3.8) is 0 Å². The molecule has 1 heterocycles. The first-order valence-corrected chi connectivity index (χ1v) is 4.69. The molecular formula is C9H17NO2. The number of carboxylic acid groups (broad SMARTS) is 1. The number of hydrogen-bond acceptors (Lipinski definition) is 2. The van der Waals surface area contributed by atoms with E-state index >= 15 is 0 Å². The van der Waals surface area contributed by atoms with Gasteiger partial charge in [-0.1, -0.05) is 13.3 Å². The van der Waals surface area contributed by atoms with Crippen molar-refractivity contribution < 1.29 is 9.90 Å². The minimum absolute atomic E-state index is 0.314. The van der Waals surface area contributed by atoms with Gasteiger partial charge in [0.05, 0.1) is 0 Å². The molecule has 0 bridgehead atoms. The van der Waals surface area contributed by atoms with E-state index in [1.165, 1.54) is 6.42 Å². The molecule has 0 saturated carbocycles. The highest BCUT2D eigenvalue weighted by molar-refractivity contribution is 5.67. The monoisotopic (exact) mass is 171 g/mol. The Kier molecular flexibility index (Phi) is 3.53. The topological polar surface area (TPSA) is 49.3 Å². The SMILES string of the molecule is CCC(CC(=O)O)C1CCCN1. The van der Waals surface area contributed by atoms with Gasteiger partial charge in [-0.15, -0.1) is 0 Å². The highest BCUT2D eigenvalue weighted by Crippen LogP contribution is 2.20. The first-order chi connectivity index (χ1) is 5.74. The van der Waals surface area contributed by atoms with Gasteiger partial charge >= 0.3 is 5.97 Å². The number of rotatable bonds is 4. The lowest BCUT2D eigenvalue weighted by atomic mass is 9.92. The molecule has 12 heavy (non-hydrogen) atoms. The summed E-state index contributed by atoms with van der Waals surface area (Å²) in [6, 6.07) is 0.450. The Balaban J connectivity index is 2.37. The zero-order valence-corrected chi connectivity index (χ0v) is 7.55. The minimum Gasteiger partial charge on any atom is -0.481 e. The molecule has 3 nitrogen and oxygen atoms in total. The van der Waals surface area contributed by atoms with E-state index in [0.29, 0.717) is 18.4 Å². The van der Waals surface area contributed by atoms with Crippen LogP contribution in [0.1, 0.15) is 32.6 Å². The lowest BCUT2D eigenvalue weighted by Crippen LogP contribution is -2.31. The van der Waals surface area contributed by atoms with Crippen molar-refractivity contribution in [3.8, 4) is 0 Å². The quantitative estimate of drug-likeness (QED) is 0.669. The van der Waals surface area contributed by atoms with Gasteiger partial charge in [0, 0.05) is 12.5 Å². The molecule has 0 aromatic heterocycles. The summed E-state index contributed by atoms with van der Waals surface area (Å²) in [7, 11) is 0. The fourth-order valence-corrected chi connectivity index (χ4v) is 1.91. The van der Waals surface area contributed by atoms with Gasteiger partial charge in [-0.2, -0.15) is 0 Å². The fraction of sp³-hybridized carbons (Fsp3) is 0.889. The van der Waals surface area contributed by atoms with Crippen LogP contribution in [0.2, 0.25) is 0 Å². The molecule has 70 valence electrons. The zero-order chi connectivity index (χ0) is 8.97. The number of hydrogen-bond donors (Lipinski definition) is 2. The normalized spacial score (nSPS) is 25.6. The van der Waals surface area contributed by atoms with Crippen molar-refractivity contribution in [3.05, 3.63) is 0 Å². The van der Waals surface area contributed by atoms with Crippen molar-refractivity contribution in [1.29, 1.82) is 0 Å². The largest absolute Gasteiger partial charge is 0.481 e. The number of aliphatic carboxylic acids is 1. The summed E-state index contributed by atoms with van der Waals surface area (Å²) in [6.07, 6.45) is 3.62. The third-order valence-electron chi connectivity index (χ3n) is 2.63. The minimum atomic E-state index is -0.671. The van der Waals surface area contributed by atoms with Crippen molar-refractivity contribution in [2.24, 2.45) is 5.92 Å². The Morgan fingerprint density at radius 3 is 2.92 bits per heavy atom. The maximum absolute atomic E-state index is 10.5. The molecule has 0 spiro atoms. The lowest BCUT2D eigenvalue weighted by Gasteiger charge is -2.20. The van der Waals surface area contributed by atoms with Gasteiger partial charge in [-0.05, 0) is 25.3 Å². The molecule has 0 aromatic carbocycles. The first kappa shape index (κ1) is 9.52. The van der Waals surface area contributed by atoms with Gasteiger partial charge in [-0.3, -0.25) is 4.79 Å². The summed E-state index contributed by atoms with van der Waals surface area (Å²) in [5.74, 6) is -0.347. The average Bonchev–Trinajstić information content (AvgIpc) is 2.51. The summed E-state index contributed by atoms with van der Waals surface area (Å²) in [4.78, 5) is 10.5. The van der Waals surface area contributed by atoms with E-state index in [1.807, 2.05) is 0 Å². The third-order valence-corrected chi connectivity index (χ3v) is 2.63. The van der Waals surface area contributed by atoms with Crippen LogP contribution in [-0.2, 0) is 4.79 Å². The third kappa shape index (κ3) is 2.48. The molecule has 1 aliphatic heterocycles. The smallest absolute Gasteiger partial charge is 0.303 e. The van der Waals surface area contributed by atoms with Crippen LogP contribution in [0.15, 0.2) is 0 Å². The van der Waals surface area contributed by atoms with Crippen molar-refractivity contribution in [2.75, 3.05) is 6.54 Å². The van der Waals surface area contributed by atoms with Crippen LogP contribution in [0.3, 0.4) is 0 Å². The highest BCUT2D eigenvalue weighted by atomic mass is 16.4. The standard InChI is InChI=1S/C9H17NO2/c1-2-7(6-9(11)12)8-4-3-5-10-8/h7-8,10H,2-6H2,1H3,(H,11,12). The van der Waals surface area contributed by atoms with Crippen LogP contribution < -0.4 is 5.32 Å². The zero-order valence-electron chi connectivity index (χ0n) is 7.55. The van der Waals surface area contributed by atoms with Gasteiger partial charge in [0.15, 0.2) is 0 Å². The summed E-state index contributed by atoms with van der Waals surface area (Å²) < 4.78 is 0. The molecule has 2 atom stereocenters. The molecule has 0 aromatic rings. The van der Waals surface area contributed by atoms with E-state index < -0.39 is 5.97 Å². The van der Waals surface area contributed by atoms with Crippen molar-refractivity contribution >= 4 is 5.97 Å². The van der Waals surface area contributed by atoms with Gasteiger partial charge in [-0.25, -0.2) is 0 Å². The van der Waals surface area contributed by atoms with E-state index in [-0.39, 0.29) is 0 Å². The van der Waals surface area contributed by atoms with Crippen LogP contribution in [0.4, 0.5) is 0 Å². The van der Waals surface area contributed by atoms with Crippen molar-refractivity contribution in [1.82, 2.24) is 5.32 Å². The van der Waals surface area contributed by atoms with Gasteiger partial charge in [0.1, 0.15) is 0 Å². The number of nitrogens with one attached hydrogen (secondary N) is 1. The Hall–Kier alpha value is -0.570. The Morgan fingerprint density at radius 2 is 2.50 bits per heavy atom. The Bertz CT molecular complexity index is 153. The van der Waals surface area contributed by atoms with Crippen LogP contribution in [0, 0.1) is 5.92 Å². The number of carboxylic acids is 1. The summed E-state index contributed by atoms with van der Waals surface area (Å²) >= 11 is 0. The van der Waals surface area contributed by atoms with Crippen molar-refractivity contribution in [2.45, 2.75) is 38.6 Å². The van der Waals surface area contributed by atoms with Crippen LogP contribution in [0.5, 0.6) is 0 Å². The van der Waals surface area contributed by atoms with Crippen LogP contribution >= 0.6 is 0 Å². The van der Waals surface area contributed by atoms with E-state index in [0.717, 1.165) is 19.4 Å². The summed E-state index contributed by atoms with van der Waals surface area (Å²) in [5.41, 5.74) is 0. The van der Waals surface area contributed by atoms with E-state index in [9.17, 15) is 4.79 Å². The van der Waals surface area contributed by atoms with E-state index in [1.54, 1.807) is 0 Å². The van der Waals surface area contributed by atoms with E-state index in [2.05, 4.69) is 12.2 Å². The van der Waals surface area contributed by atoms with Crippen LogP contribution in [-0.4, -0.2) is 23.7 Å². The highest BCUT2D eigenvalue weighted by Gasteiger charge is 2.24. The molecule has 1 rings (SSSR count). The molecule has 0 radical (unpaired) electrons. The Morgan fingerprint density at radius 1 is 1.75 bits per heavy atom. The maximum atomic E-state index is 10.5. The van der Waals surface area contributed by atoms with Crippen LogP contribution in [0.25, 0.3) is 0 Å². The predicted octanol–water partition coefficient (Wildman–Crippen LogP) is 1.24. The number of carbonyl (C=O) groups is 1. The fourth-order valence-electron chi connectivity index (χ4n) is 1.91. The second-order valence-corrected chi connectivity index (χ2v) is 3.47. The molecule has 2 N–H and O–H groups in total. The predicted molar refractivity (Wildman–Crippen MR) is 47.1 cm³/mol. The molecule has 0 aliphatic carbocycles. The van der Waals surface area contributed by atoms with Gasteiger partial charge in [0.2, 0.25) is 0 Å². The average molecular weight is 171 g/mol. The van der Waals surface area contributed by atoms with Gasteiger partial charge in [0.25, 0.3) is 0 Å². The second kappa shape index (κ2) is 4.45. The van der Waals surface area contributed by atoms with E-state index in [4.69, 9.17) is 5.11 Å². The molecular weight excluding hydrogens is 154 g/mol.